The van der Waals surface area contributed by atoms with Crippen molar-refractivity contribution in [1.29, 1.82) is 0 Å². The fraction of sp³-hybridized carbons (Fsp3) is 0.167. The van der Waals surface area contributed by atoms with Gasteiger partial charge in [0.15, 0.2) is 5.13 Å². The summed E-state index contributed by atoms with van der Waals surface area (Å²) < 4.78 is 0. The molecule has 1 amide bonds. The summed E-state index contributed by atoms with van der Waals surface area (Å²) in [6.45, 7) is 4.46. The van der Waals surface area contributed by atoms with Crippen LogP contribution in [0.1, 0.15) is 23.7 Å². The summed E-state index contributed by atoms with van der Waals surface area (Å²) in [6, 6.07) is 15.1. The first kappa shape index (κ1) is 23.9. The first-order valence-electron chi connectivity index (χ1n) is 10.5. The summed E-state index contributed by atoms with van der Waals surface area (Å²) in [5.41, 5.74) is 4.44. The van der Waals surface area contributed by atoms with E-state index in [1.165, 1.54) is 18.3 Å². The van der Waals surface area contributed by atoms with Crippen molar-refractivity contribution >= 4 is 57.2 Å². The molecule has 34 heavy (non-hydrogen) atoms. The van der Waals surface area contributed by atoms with Crippen LogP contribution in [0, 0.1) is 6.92 Å². The number of aryl methyl sites for hydroxylation is 1. The van der Waals surface area contributed by atoms with Crippen molar-refractivity contribution < 1.29 is 4.79 Å². The number of thiazole rings is 1. The number of benzene rings is 2. The lowest BCUT2D eigenvalue weighted by molar-refractivity contribution is -0.119. The zero-order valence-electron chi connectivity index (χ0n) is 18.5. The van der Waals surface area contributed by atoms with Gasteiger partial charge in [-0.2, -0.15) is 0 Å². The van der Waals surface area contributed by atoms with Gasteiger partial charge in [-0.15, -0.1) is 0 Å². The molecular formula is C24H22Cl2N6OS. The molecule has 0 saturated carbocycles. The first-order chi connectivity index (χ1) is 16.4. The summed E-state index contributed by atoms with van der Waals surface area (Å²) >= 11 is 13.7. The van der Waals surface area contributed by atoms with E-state index in [1.807, 2.05) is 49.4 Å². The van der Waals surface area contributed by atoms with E-state index in [-0.39, 0.29) is 5.91 Å². The van der Waals surface area contributed by atoms with Crippen molar-refractivity contribution in [3.05, 3.63) is 81.6 Å². The van der Waals surface area contributed by atoms with Crippen LogP contribution < -0.4 is 16.0 Å². The lowest BCUT2D eigenvalue weighted by atomic mass is 10.2. The molecule has 2 heterocycles. The van der Waals surface area contributed by atoms with Crippen LogP contribution in [0.4, 0.5) is 16.8 Å². The number of rotatable bonds is 8. The molecule has 0 saturated heterocycles. The highest BCUT2D eigenvalue weighted by Gasteiger charge is 2.12. The number of carbonyl (C=O) groups is 1. The van der Waals surface area contributed by atoms with Gasteiger partial charge < -0.3 is 16.0 Å². The third-order valence-corrected chi connectivity index (χ3v) is 6.35. The van der Waals surface area contributed by atoms with Gasteiger partial charge in [0.05, 0.1) is 16.3 Å². The monoisotopic (exact) mass is 512 g/mol. The van der Waals surface area contributed by atoms with Gasteiger partial charge >= 0.3 is 0 Å². The third kappa shape index (κ3) is 6.44. The van der Waals surface area contributed by atoms with E-state index in [0.717, 1.165) is 38.2 Å². The molecule has 0 bridgehead atoms. The molecule has 0 fully saturated rings. The SMILES string of the molecule is CC(=O)NCc1cccc(Nc2nccc(-c3sc(NCc4cc(Cl)cc(Cl)c4)nc3C)n2)c1. The van der Waals surface area contributed by atoms with Gasteiger partial charge in [0.25, 0.3) is 0 Å². The van der Waals surface area contributed by atoms with Crippen LogP contribution in [-0.4, -0.2) is 20.9 Å². The van der Waals surface area contributed by atoms with Gasteiger partial charge in [-0.3, -0.25) is 4.79 Å². The van der Waals surface area contributed by atoms with Crippen molar-refractivity contribution in [2.45, 2.75) is 26.9 Å². The van der Waals surface area contributed by atoms with Crippen LogP contribution >= 0.6 is 34.5 Å². The molecule has 0 spiro atoms. The Labute approximate surface area is 211 Å². The Morgan fingerprint density at radius 3 is 2.56 bits per heavy atom. The number of halogens is 2. The van der Waals surface area contributed by atoms with Crippen LogP contribution in [0.3, 0.4) is 0 Å². The molecule has 10 heteroatoms. The highest BCUT2D eigenvalue weighted by Crippen LogP contribution is 2.32. The molecule has 7 nitrogen and oxygen atoms in total. The quantitative estimate of drug-likeness (QED) is 0.260. The van der Waals surface area contributed by atoms with Gasteiger partial charge in [-0.05, 0) is 54.4 Å². The summed E-state index contributed by atoms with van der Waals surface area (Å²) in [7, 11) is 0. The summed E-state index contributed by atoms with van der Waals surface area (Å²) in [5.74, 6) is 0.407. The van der Waals surface area contributed by atoms with Crippen LogP contribution in [0.2, 0.25) is 10.0 Å². The van der Waals surface area contributed by atoms with Gasteiger partial charge in [0.1, 0.15) is 0 Å². The van der Waals surface area contributed by atoms with Crippen molar-refractivity contribution in [2.75, 3.05) is 10.6 Å². The maximum atomic E-state index is 11.2. The molecular weight excluding hydrogens is 491 g/mol. The summed E-state index contributed by atoms with van der Waals surface area (Å²) in [6.07, 6.45) is 1.71. The molecule has 4 rings (SSSR count). The Kier molecular flexibility index (Phi) is 7.62. The van der Waals surface area contributed by atoms with E-state index in [0.29, 0.717) is 29.1 Å². The Morgan fingerprint density at radius 1 is 1.00 bits per heavy atom. The van der Waals surface area contributed by atoms with Crippen molar-refractivity contribution in [3.63, 3.8) is 0 Å². The number of amides is 1. The van der Waals surface area contributed by atoms with E-state index >= 15 is 0 Å². The molecule has 0 aliphatic heterocycles. The number of hydrogen-bond donors (Lipinski definition) is 3. The summed E-state index contributed by atoms with van der Waals surface area (Å²) in [5, 5.41) is 11.3. The number of hydrogen-bond acceptors (Lipinski definition) is 7. The van der Waals surface area contributed by atoms with Crippen molar-refractivity contribution in [2.24, 2.45) is 0 Å². The molecule has 2 aromatic heterocycles. The highest BCUT2D eigenvalue weighted by atomic mass is 35.5. The smallest absolute Gasteiger partial charge is 0.227 e. The predicted octanol–water partition coefficient (Wildman–Crippen LogP) is 6.21. The second-order valence-electron chi connectivity index (χ2n) is 7.57. The van der Waals surface area contributed by atoms with E-state index in [2.05, 4.69) is 30.9 Å². The van der Waals surface area contributed by atoms with Crippen molar-refractivity contribution in [3.8, 4) is 10.6 Å². The Hall–Kier alpha value is -3.20. The number of carbonyl (C=O) groups excluding carboxylic acids is 1. The second kappa shape index (κ2) is 10.8. The molecule has 0 aliphatic carbocycles. The molecule has 3 N–H and O–H groups in total. The number of nitrogens with one attached hydrogen (secondary N) is 3. The van der Waals surface area contributed by atoms with Gasteiger partial charge in [-0.25, -0.2) is 15.0 Å². The second-order valence-corrected chi connectivity index (χ2v) is 9.44. The average Bonchev–Trinajstić information content (AvgIpc) is 3.17. The van der Waals surface area contributed by atoms with Crippen molar-refractivity contribution in [1.82, 2.24) is 20.3 Å². The molecule has 2 aromatic carbocycles. The van der Waals surface area contributed by atoms with Crippen LogP contribution in [0.25, 0.3) is 10.6 Å². The minimum absolute atomic E-state index is 0.0699. The molecule has 0 atom stereocenters. The fourth-order valence-electron chi connectivity index (χ4n) is 3.26. The zero-order chi connectivity index (χ0) is 24.1. The molecule has 0 radical (unpaired) electrons. The standard InChI is InChI=1S/C24H22Cl2N6OS/c1-14-22(34-24(30-14)29-13-17-8-18(25)11-19(26)9-17)21-6-7-27-23(32-21)31-20-5-3-4-16(10-20)12-28-15(2)33/h3-11H,12-13H2,1-2H3,(H,28,33)(H,29,30)(H,27,31,32). The van der Waals surface area contributed by atoms with E-state index in [1.54, 1.807) is 12.3 Å². The molecule has 0 unspecified atom stereocenters. The van der Waals surface area contributed by atoms with Gasteiger partial charge in [-0.1, -0.05) is 46.7 Å². The Bertz CT molecular complexity index is 1310. The van der Waals surface area contributed by atoms with Crippen LogP contribution in [-0.2, 0) is 17.9 Å². The Morgan fingerprint density at radius 2 is 1.79 bits per heavy atom. The molecule has 0 aliphatic rings. The Balaban J connectivity index is 1.47. The number of aromatic nitrogens is 3. The maximum Gasteiger partial charge on any atom is 0.227 e. The number of anilines is 3. The minimum atomic E-state index is -0.0699. The summed E-state index contributed by atoms with van der Waals surface area (Å²) in [4.78, 5) is 25.8. The predicted molar refractivity (Wildman–Crippen MR) is 139 cm³/mol. The van der Waals surface area contributed by atoms with E-state index < -0.39 is 0 Å². The molecule has 4 aromatic rings. The van der Waals surface area contributed by atoms with Crippen LogP contribution in [0.15, 0.2) is 54.7 Å². The number of nitrogens with zero attached hydrogens (tertiary/aromatic N) is 3. The highest BCUT2D eigenvalue weighted by molar-refractivity contribution is 7.19. The van der Waals surface area contributed by atoms with Gasteiger partial charge in [0.2, 0.25) is 11.9 Å². The normalized spacial score (nSPS) is 10.7. The fourth-order valence-corrected chi connectivity index (χ4v) is 4.76. The van der Waals surface area contributed by atoms with Crippen LogP contribution in [0.5, 0.6) is 0 Å². The topological polar surface area (TPSA) is 91.8 Å². The first-order valence-corrected chi connectivity index (χ1v) is 12.0. The lowest BCUT2D eigenvalue weighted by Crippen LogP contribution is -2.18. The minimum Gasteiger partial charge on any atom is -0.357 e. The lowest BCUT2D eigenvalue weighted by Gasteiger charge is -2.08. The largest absolute Gasteiger partial charge is 0.357 e. The molecule has 174 valence electrons. The average molecular weight is 513 g/mol. The van der Waals surface area contributed by atoms with E-state index in [9.17, 15) is 4.79 Å². The third-order valence-electron chi connectivity index (χ3n) is 4.78. The maximum absolute atomic E-state index is 11.2. The van der Waals surface area contributed by atoms with E-state index in [4.69, 9.17) is 23.2 Å². The zero-order valence-corrected chi connectivity index (χ0v) is 20.9. The van der Waals surface area contributed by atoms with Gasteiger partial charge in [0, 0.05) is 41.9 Å².